The van der Waals surface area contributed by atoms with Crippen LogP contribution in [0.4, 0.5) is 0 Å². The van der Waals surface area contributed by atoms with Crippen molar-refractivity contribution in [3.63, 3.8) is 0 Å². The Labute approximate surface area is 67.8 Å². The van der Waals surface area contributed by atoms with Crippen LogP contribution in [0.3, 0.4) is 0 Å². The molecule has 1 aliphatic rings. The smallest absolute Gasteiger partial charge is 0.0400 e. The largest absolute Gasteiger partial charge is 0.261 e. The van der Waals surface area contributed by atoms with Crippen LogP contribution in [0.5, 0.6) is 0 Å². The predicted octanol–water partition coefficient (Wildman–Crippen LogP) is 2.87. The van der Waals surface area contributed by atoms with Crippen molar-refractivity contribution in [1.29, 1.82) is 0 Å². The summed E-state index contributed by atoms with van der Waals surface area (Å²) in [7, 11) is 0. The Morgan fingerprint density at radius 3 is 2.91 bits per heavy atom. The van der Waals surface area contributed by atoms with Crippen molar-refractivity contribution in [2.24, 2.45) is 4.99 Å². The highest BCUT2D eigenvalue weighted by Gasteiger charge is 1.89. The number of allylic oxidation sites excluding steroid dienone is 5. The van der Waals surface area contributed by atoms with E-state index in [9.17, 15) is 0 Å². The summed E-state index contributed by atoms with van der Waals surface area (Å²) in [6, 6.07) is 0. The lowest BCUT2D eigenvalue weighted by atomic mass is 10.2. The van der Waals surface area contributed by atoms with Crippen molar-refractivity contribution in [3.05, 3.63) is 36.1 Å². The molecule has 11 heavy (non-hydrogen) atoms. The van der Waals surface area contributed by atoms with Crippen LogP contribution >= 0.6 is 0 Å². The van der Waals surface area contributed by atoms with Gasteiger partial charge in [0.15, 0.2) is 0 Å². The van der Waals surface area contributed by atoms with Crippen LogP contribution in [0.15, 0.2) is 41.1 Å². The van der Waals surface area contributed by atoms with E-state index < -0.39 is 0 Å². The second-order valence-electron chi connectivity index (χ2n) is 2.56. The zero-order valence-corrected chi connectivity index (χ0v) is 7.04. The number of rotatable bonds is 1. The molecule has 0 aromatic rings. The number of nitrogens with zero attached hydrogens (tertiary/aromatic N) is 1. The van der Waals surface area contributed by atoms with Crippen molar-refractivity contribution < 1.29 is 0 Å². The molecule has 0 atom stereocenters. The van der Waals surface area contributed by atoms with Gasteiger partial charge in [-0.1, -0.05) is 24.6 Å². The first kappa shape index (κ1) is 7.99. The Kier molecular flexibility index (Phi) is 2.84. The van der Waals surface area contributed by atoms with Crippen molar-refractivity contribution in [3.8, 4) is 0 Å². The molecule has 0 radical (unpaired) electrons. The van der Waals surface area contributed by atoms with Gasteiger partial charge in [0.05, 0.1) is 0 Å². The van der Waals surface area contributed by atoms with Gasteiger partial charge in [0.25, 0.3) is 0 Å². The molecule has 0 saturated carbocycles. The molecular formula is C10H13N. The fraction of sp³-hybridized carbons (Fsp3) is 0.300. The van der Waals surface area contributed by atoms with Gasteiger partial charge < -0.3 is 0 Å². The SMILES string of the molecule is CCC1=N\C=C/C=C(C)/C=C\1. The van der Waals surface area contributed by atoms with E-state index in [0.29, 0.717) is 0 Å². The van der Waals surface area contributed by atoms with Crippen molar-refractivity contribution >= 4 is 5.71 Å². The molecule has 0 spiro atoms. The van der Waals surface area contributed by atoms with Crippen LogP contribution in [0.25, 0.3) is 0 Å². The minimum Gasteiger partial charge on any atom is -0.261 e. The summed E-state index contributed by atoms with van der Waals surface area (Å²) in [5, 5.41) is 0. The Bertz CT molecular complexity index is 242. The molecule has 1 nitrogen and oxygen atoms in total. The van der Waals surface area contributed by atoms with Gasteiger partial charge in [0.1, 0.15) is 0 Å². The summed E-state index contributed by atoms with van der Waals surface area (Å²) in [6.07, 6.45) is 11.0. The molecule has 0 aromatic carbocycles. The van der Waals surface area contributed by atoms with Crippen LogP contribution in [0.2, 0.25) is 0 Å². The van der Waals surface area contributed by atoms with E-state index in [1.165, 1.54) is 5.57 Å². The molecular weight excluding hydrogens is 134 g/mol. The van der Waals surface area contributed by atoms with E-state index in [1.54, 1.807) is 0 Å². The highest BCUT2D eigenvalue weighted by Crippen LogP contribution is 2.01. The minimum atomic E-state index is 0.994. The van der Waals surface area contributed by atoms with Crippen LogP contribution in [0.1, 0.15) is 20.3 Å². The quantitative estimate of drug-likeness (QED) is 0.540. The first-order valence-corrected chi connectivity index (χ1v) is 3.91. The Balaban J connectivity index is 2.81. The molecule has 1 heteroatoms. The van der Waals surface area contributed by atoms with Gasteiger partial charge in [-0.2, -0.15) is 0 Å². The molecule has 58 valence electrons. The standard InChI is InChI=1S/C10H13N/c1-3-10-7-6-9(2)5-4-8-11-10/h4-8H,3H2,1-2H3/b5-4?,7-6-,8-4-,9-5+,9-6?,10-7?,11-8?,11-10+. The second kappa shape index (κ2) is 3.91. The summed E-state index contributed by atoms with van der Waals surface area (Å²) in [6.45, 7) is 4.19. The highest BCUT2D eigenvalue weighted by atomic mass is 14.7. The molecule has 0 amide bonds. The van der Waals surface area contributed by atoms with E-state index in [0.717, 1.165) is 12.1 Å². The molecule has 1 aliphatic heterocycles. The fourth-order valence-corrected chi connectivity index (χ4v) is 0.869. The van der Waals surface area contributed by atoms with Crippen LogP contribution in [-0.2, 0) is 0 Å². The van der Waals surface area contributed by atoms with Gasteiger partial charge in [-0.15, -0.1) is 0 Å². The van der Waals surface area contributed by atoms with Crippen LogP contribution in [0, 0.1) is 0 Å². The molecule has 0 fully saturated rings. The maximum atomic E-state index is 4.24. The molecule has 0 N–H and O–H groups in total. The van der Waals surface area contributed by atoms with E-state index in [4.69, 9.17) is 0 Å². The summed E-state index contributed by atoms with van der Waals surface area (Å²) in [5.41, 5.74) is 2.40. The maximum absolute atomic E-state index is 4.24. The van der Waals surface area contributed by atoms with Crippen LogP contribution < -0.4 is 0 Å². The third-order valence-corrected chi connectivity index (χ3v) is 1.59. The normalized spacial score (nSPS) is 32.2. The summed E-state index contributed by atoms with van der Waals surface area (Å²) in [4.78, 5) is 4.24. The summed E-state index contributed by atoms with van der Waals surface area (Å²) in [5.74, 6) is 0. The Hall–Kier alpha value is -1.11. The first-order chi connectivity index (χ1) is 5.33. The third-order valence-electron chi connectivity index (χ3n) is 1.59. The fourth-order valence-electron chi connectivity index (χ4n) is 0.869. The molecule has 1 heterocycles. The second-order valence-corrected chi connectivity index (χ2v) is 2.56. The Morgan fingerprint density at radius 1 is 1.36 bits per heavy atom. The first-order valence-electron chi connectivity index (χ1n) is 3.91. The van der Waals surface area contributed by atoms with E-state index in [2.05, 4.69) is 31.0 Å². The van der Waals surface area contributed by atoms with E-state index in [1.807, 2.05) is 18.4 Å². The maximum Gasteiger partial charge on any atom is 0.0400 e. The zero-order chi connectivity index (χ0) is 8.10. The molecule has 0 aliphatic carbocycles. The van der Waals surface area contributed by atoms with Crippen molar-refractivity contribution in [1.82, 2.24) is 0 Å². The van der Waals surface area contributed by atoms with Gasteiger partial charge in [-0.3, -0.25) is 4.99 Å². The lowest BCUT2D eigenvalue weighted by Crippen LogP contribution is -1.89. The predicted molar refractivity (Wildman–Crippen MR) is 49.8 cm³/mol. The number of hydrogen-bond donors (Lipinski definition) is 0. The van der Waals surface area contributed by atoms with Gasteiger partial charge in [0, 0.05) is 11.9 Å². The van der Waals surface area contributed by atoms with E-state index in [-0.39, 0.29) is 0 Å². The monoisotopic (exact) mass is 147 g/mol. The average Bonchev–Trinajstić information content (AvgIpc) is 1.98. The lowest BCUT2D eigenvalue weighted by Gasteiger charge is -1.96. The molecule has 1 rings (SSSR count). The van der Waals surface area contributed by atoms with Gasteiger partial charge in [-0.05, 0) is 25.5 Å². The summed E-state index contributed by atoms with van der Waals surface area (Å²) < 4.78 is 0. The Morgan fingerprint density at radius 2 is 2.18 bits per heavy atom. The zero-order valence-electron chi connectivity index (χ0n) is 7.04. The van der Waals surface area contributed by atoms with Gasteiger partial charge in [0.2, 0.25) is 0 Å². The van der Waals surface area contributed by atoms with Gasteiger partial charge >= 0.3 is 0 Å². The summed E-state index contributed by atoms with van der Waals surface area (Å²) >= 11 is 0. The van der Waals surface area contributed by atoms with Gasteiger partial charge in [-0.25, -0.2) is 0 Å². The lowest BCUT2D eigenvalue weighted by molar-refractivity contribution is 1.27. The van der Waals surface area contributed by atoms with E-state index >= 15 is 0 Å². The molecule has 0 saturated heterocycles. The van der Waals surface area contributed by atoms with Crippen LogP contribution in [-0.4, -0.2) is 5.71 Å². The molecule has 0 bridgehead atoms. The minimum absolute atomic E-state index is 0.994. The van der Waals surface area contributed by atoms with Crippen molar-refractivity contribution in [2.45, 2.75) is 20.3 Å². The third kappa shape index (κ3) is 2.54. The topological polar surface area (TPSA) is 12.4 Å². The van der Waals surface area contributed by atoms with Crippen molar-refractivity contribution in [2.75, 3.05) is 0 Å². The number of aliphatic imine (C=N–C) groups is 1. The highest BCUT2D eigenvalue weighted by molar-refractivity contribution is 5.95. The molecule has 0 aromatic heterocycles. The molecule has 0 unspecified atom stereocenters. The average molecular weight is 147 g/mol. The number of hydrogen-bond acceptors (Lipinski definition) is 1.